The van der Waals surface area contributed by atoms with Gasteiger partial charge in [0.2, 0.25) is 35.4 Å². The first kappa shape index (κ1) is 52.4. The zero-order valence-electron chi connectivity index (χ0n) is 37.9. The van der Waals surface area contributed by atoms with Gasteiger partial charge in [0.15, 0.2) is 17.5 Å². The molecule has 21 heteroatoms. The molecular weight excluding hydrogens is 833 g/mol. The Hall–Kier alpha value is -5.96. The number of carbonyl (C=O) groups is 7. The number of nitrogens with zero attached hydrogens (tertiary/aromatic N) is 2. The molecule has 1 aromatic carbocycles. The number of methoxy groups -OCH3 is 2. The van der Waals surface area contributed by atoms with Crippen molar-refractivity contribution in [2.24, 2.45) is 28.3 Å². The number of guanidine groups is 1. The van der Waals surface area contributed by atoms with E-state index in [-0.39, 0.29) is 68.7 Å². The molecule has 0 aliphatic carbocycles. The van der Waals surface area contributed by atoms with Gasteiger partial charge < -0.3 is 68.0 Å². The van der Waals surface area contributed by atoms with E-state index in [9.17, 15) is 43.8 Å². The number of nitrogens with two attached hydrogens (primary N) is 2. The first-order valence-corrected chi connectivity index (χ1v) is 21.7. The molecule has 2 aliphatic heterocycles. The van der Waals surface area contributed by atoms with E-state index in [4.69, 9.17) is 20.9 Å². The van der Waals surface area contributed by atoms with Gasteiger partial charge >= 0.3 is 0 Å². The van der Waals surface area contributed by atoms with Crippen molar-refractivity contribution in [2.45, 2.75) is 128 Å². The second kappa shape index (κ2) is 24.8. The number of phenolic OH excluding ortho intramolecular Hbond substituents is 2. The second-order valence-corrected chi connectivity index (χ2v) is 16.4. The van der Waals surface area contributed by atoms with Crippen molar-refractivity contribution in [1.82, 2.24) is 36.8 Å². The number of ether oxygens (including phenoxy) is 2. The minimum atomic E-state index is -2.25. The standard InChI is InChI=1S/C43H68N10O11/c1-8-24(3)20-35(57)48-26(5)37(58)50-29-23-47-34(56)17-15-28(21-27-14-16-31(54)32(55)22-27)49-39(60)36(25(4)9-2)52-41(62)43(63-6,64-7)33(13-10-18-46-42(44)45)51-38(59)30-12-11-19-53(30)40(29)61/h14-17,22,24-26,28-30,33,36,54-55H,8-13,18-21,23H2,1-7H3,(H,47,56)(H,48,57)(H,49,60)(H,50,58)(H,51,59)(H,52,62)(H4,44,45,46)/b17-15+/t24?,25-,26-,28+,29-,30-,33-,36+/m0/s1. The van der Waals surface area contributed by atoms with Gasteiger partial charge in [0, 0.05) is 46.4 Å². The summed E-state index contributed by atoms with van der Waals surface area (Å²) < 4.78 is 11.6. The van der Waals surface area contributed by atoms with Crippen LogP contribution >= 0.6 is 0 Å². The van der Waals surface area contributed by atoms with E-state index < -0.39 is 95.7 Å². The van der Waals surface area contributed by atoms with Gasteiger partial charge in [-0.25, -0.2) is 0 Å². The number of phenols is 2. The Labute approximate surface area is 374 Å². The zero-order valence-corrected chi connectivity index (χ0v) is 37.9. The molecule has 1 aromatic rings. The summed E-state index contributed by atoms with van der Waals surface area (Å²) in [6.07, 6.45) is 4.68. The van der Waals surface area contributed by atoms with Crippen molar-refractivity contribution in [3.63, 3.8) is 0 Å². The average Bonchev–Trinajstić information content (AvgIpc) is 3.76. The monoisotopic (exact) mass is 901 g/mol. The van der Waals surface area contributed by atoms with E-state index in [0.717, 1.165) is 12.5 Å². The van der Waals surface area contributed by atoms with Crippen LogP contribution in [0, 0.1) is 11.8 Å². The second-order valence-electron chi connectivity index (χ2n) is 16.4. The smallest absolute Gasteiger partial charge is 0.283 e. The molecule has 0 bridgehead atoms. The number of aliphatic imine (C=N–C) groups is 1. The van der Waals surface area contributed by atoms with Crippen LogP contribution in [0.2, 0.25) is 0 Å². The lowest BCUT2D eigenvalue weighted by Crippen LogP contribution is -2.67. The quantitative estimate of drug-likeness (QED) is 0.0323. The van der Waals surface area contributed by atoms with Gasteiger partial charge in [0.05, 0.1) is 12.1 Å². The SMILES string of the molecule is CCC(C)CC(=O)N[C@@H](C)C(=O)N[C@H]1CNC(=O)/C=C/[C@H](Cc2ccc(O)c(O)c2)NC(=O)[C@@H]([C@@H](C)CC)NC(=O)C(OC)(OC)[C@H](CCCN=C(N)N)NC(=O)[C@@H]2CCCN2C1=O. The minimum Gasteiger partial charge on any atom is -0.504 e. The van der Waals surface area contributed by atoms with E-state index in [0.29, 0.717) is 18.4 Å². The molecule has 2 heterocycles. The third kappa shape index (κ3) is 14.5. The highest BCUT2D eigenvalue weighted by Crippen LogP contribution is 2.27. The van der Waals surface area contributed by atoms with Crippen LogP contribution in [-0.4, -0.2) is 138 Å². The molecule has 356 valence electrons. The minimum absolute atomic E-state index is 0.00265. The molecule has 0 aromatic heterocycles. The molecule has 12 N–H and O–H groups in total. The Morgan fingerprint density at radius 1 is 0.984 bits per heavy atom. The van der Waals surface area contributed by atoms with Gasteiger partial charge in [-0.3, -0.25) is 38.6 Å². The maximum absolute atomic E-state index is 14.6. The summed E-state index contributed by atoms with van der Waals surface area (Å²) in [5.74, 6) is -8.36. The maximum Gasteiger partial charge on any atom is 0.283 e. The lowest BCUT2D eigenvalue weighted by atomic mass is 9.94. The highest BCUT2D eigenvalue weighted by molar-refractivity contribution is 5.96. The molecule has 1 unspecified atom stereocenters. The topological polar surface area (TPSA) is 318 Å². The fourth-order valence-electron chi connectivity index (χ4n) is 7.47. The van der Waals surface area contributed by atoms with Gasteiger partial charge in [-0.1, -0.05) is 52.7 Å². The van der Waals surface area contributed by atoms with Crippen molar-refractivity contribution < 1.29 is 53.2 Å². The summed E-state index contributed by atoms with van der Waals surface area (Å²) in [5.41, 5.74) is 11.6. The highest BCUT2D eigenvalue weighted by Gasteiger charge is 2.50. The first-order chi connectivity index (χ1) is 30.3. The average molecular weight is 901 g/mol. The van der Waals surface area contributed by atoms with Crippen molar-refractivity contribution in [2.75, 3.05) is 33.9 Å². The Morgan fingerprint density at radius 2 is 1.69 bits per heavy atom. The zero-order chi connectivity index (χ0) is 47.7. The third-order valence-corrected chi connectivity index (χ3v) is 11.7. The number of nitrogens with one attached hydrogen (secondary N) is 6. The molecule has 8 atom stereocenters. The molecule has 3 rings (SSSR count). The molecule has 21 nitrogen and oxygen atoms in total. The lowest BCUT2D eigenvalue weighted by molar-refractivity contribution is -0.223. The summed E-state index contributed by atoms with van der Waals surface area (Å²) in [6, 6.07) is -2.93. The van der Waals surface area contributed by atoms with Gasteiger partial charge in [-0.05, 0) is 68.6 Å². The fourth-order valence-corrected chi connectivity index (χ4v) is 7.47. The van der Waals surface area contributed by atoms with Gasteiger partial charge in [0.25, 0.3) is 11.7 Å². The number of benzene rings is 1. The van der Waals surface area contributed by atoms with Crippen LogP contribution in [0.5, 0.6) is 11.5 Å². The Bertz CT molecular complexity index is 1870. The molecule has 7 amide bonds. The molecule has 1 fully saturated rings. The highest BCUT2D eigenvalue weighted by atomic mass is 16.7. The van der Waals surface area contributed by atoms with E-state index in [2.05, 4.69) is 36.9 Å². The maximum atomic E-state index is 14.6. The first-order valence-electron chi connectivity index (χ1n) is 21.7. The number of amides is 7. The van der Waals surface area contributed by atoms with Crippen molar-refractivity contribution in [3.05, 3.63) is 35.9 Å². The van der Waals surface area contributed by atoms with Gasteiger partial charge in [-0.2, -0.15) is 0 Å². The third-order valence-electron chi connectivity index (χ3n) is 11.7. The van der Waals surface area contributed by atoms with Gasteiger partial charge in [-0.15, -0.1) is 0 Å². The molecule has 0 spiro atoms. The Kier molecular flexibility index (Phi) is 20.3. The molecule has 0 radical (unpaired) electrons. The number of aromatic hydroxyl groups is 2. The van der Waals surface area contributed by atoms with E-state index in [1.807, 2.05) is 20.8 Å². The van der Waals surface area contributed by atoms with E-state index in [1.165, 1.54) is 50.3 Å². The Morgan fingerprint density at radius 3 is 2.31 bits per heavy atom. The van der Waals surface area contributed by atoms with Crippen molar-refractivity contribution >= 4 is 47.3 Å². The number of fused-ring (bicyclic) bond motifs is 1. The number of rotatable bonds is 16. The summed E-state index contributed by atoms with van der Waals surface area (Å²) >= 11 is 0. The van der Waals surface area contributed by atoms with Crippen LogP contribution < -0.4 is 43.4 Å². The molecular formula is C43H68N10O11. The predicted octanol–water partition coefficient (Wildman–Crippen LogP) is -0.714. The molecule has 2 aliphatic rings. The van der Waals surface area contributed by atoms with Crippen molar-refractivity contribution in [3.8, 4) is 11.5 Å². The summed E-state index contributed by atoms with van der Waals surface area (Å²) in [5, 5.41) is 36.6. The summed E-state index contributed by atoms with van der Waals surface area (Å²) in [7, 11) is 2.41. The lowest BCUT2D eigenvalue weighted by Gasteiger charge is -2.39. The van der Waals surface area contributed by atoms with E-state index in [1.54, 1.807) is 6.92 Å². The number of carbonyl (C=O) groups excluding carboxylic acids is 7. The van der Waals surface area contributed by atoms with Crippen LogP contribution in [0.1, 0.15) is 85.1 Å². The van der Waals surface area contributed by atoms with Crippen LogP contribution in [-0.2, 0) is 49.5 Å². The van der Waals surface area contributed by atoms with Crippen LogP contribution in [0.4, 0.5) is 0 Å². The van der Waals surface area contributed by atoms with Crippen LogP contribution in [0.25, 0.3) is 0 Å². The molecule has 64 heavy (non-hydrogen) atoms. The molecule has 0 saturated carbocycles. The summed E-state index contributed by atoms with van der Waals surface area (Å²) in [4.78, 5) is 103. The predicted molar refractivity (Wildman–Crippen MR) is 236 cm³/mol. The largest absolute Gasteiger partial charge is 0.504 e. The van der Waals surface area contributed by atoms with E-state index >= 15 is 0 Å². The van der Waals surface area contributed by atoms with Crippen molar-refractivity contribution in [1.29, 1.82) is 0 Å². The normalized spacial score (nSPS) is 24.1. The number of hydrogen-bond acceptors (Lipinski definition) is 12. The number of hydrogen-bond donors (Lipinski definition) is 10. The summed E-state index contributed by atoms with van der Waals surface area (Å²) in [6.45, 7) is 8.63. The van der Waals surface area contributed by atoms with Crippen LogP contribution in [0.3, 0.4) is 0 Å². The van der Waals surface area contributed by atoms with Crippen LogP contribution in [0.15, 0.2) is 35.3 Å². The molecule has 1 saturated heterocycles. The Balaban J connectivity index is 2.16. The van der Waals surface area contributed by atoms with Gasteiger partial charge in [0.1, 0.15) is 24.2 Å². The fraction of sp³-hybridized carbons (Fsp3) is 0.628.